The Morgan fingerprint density at radius 2 is 2.00 bits per heavy atom. The molecule has 0 atom stereocenters. The molecule has 0 spiro atoms. The van der Waals surface area contributed by atoms with Crippen LogP contribution in [0, 0.1) is 0 Å². The molecule has 5 nitrogen and oxygen atoms in total. The van der Waals surface area contributed by atoms with Crippen LogP contribution in [0.1, 0.15) is 21.5 Å². The molecule has 1 heterocycles. The molecule has 0 aliphatic carbocycles. The Hall–Kier alpha value is -2.21. The van der Waals surface area contributed by atoms with Crippen molar-refractivity contribution < 1.29 is 4.79 Å². The first-order valence-corrected chi connectivity index (χ1v) is 6.62. The monoisotopic (exact) mass is 288 g/mol. The number of thiocarbonyl (C=S) groups is 1. The number of nitrogens with zero attached hydrogens (tertiary/aromatic N) is 2. The molecule has 6 heteroatoms. The number of hydrogen-bond acceptors (Lipinski definition) is 3. The lowest BCUT2D eigenvalue weighted by Gasteiger charge is -2.05. The maximum absolute atomic E-state index is 11.9. The van der Waals surface area contributed by atoms with Crippen LogP contribution in [0.2, 0.25) is 0 Å². The smallest absolute Gasteiger partial charge is 0.251 e. The molecule has 20 heavy (non-hydrogen) atoms. The lowest BCUT2D eigenvalue weighted by atomic mass is 10.1. The third-order valence-electron chi connectivity index (χ3n) is 2.89. The third kappa shape index (κ3) is 3.64. The van der Waals surface area contributed by atoms with Gasteiger partial charge >= 0.3 is 0 Å². The number of carbonyl (C=O) groups excluding carboxylic acids is 1. The predicted octanol–water partition coefficient (Wildman–Crippen LogP) is 1.03. The fourth-order valence-corrected chi connectivity index (χ4v) is 1.95. The lowest BCUT2D eigenvalue weighted by molar-refractivity contribution is 0.0954. The summed E-state index contributed by atoms with van der Waals surface area (Å²) in [7, 11) is 1.87. The Labute approximate surface area is 122 Å². The number of nitrogens with one attached hydrogen (secondary N) is 1. The summed E-state index contributed by atoms with van der Waals surface area (Å²) in [5, 5.41) is 6.94. The van der Waals surface area contributed by atoms with E-state index in [0.717, 1.165) is 17.5 Å². The van der Waals surface area contributed by atoms with E-state index >= 15 is 0 Å². The Bertz CT molecular complexity index is 618. The van der Waals surface area contributed by atoms with Crippen LogP contribution < -0.4 is 11.1 Å². The fraction of sp³-hybridized carbons (Fsp3) is 0.214. The van der Waals surface area contributed by atoms with E-state index in [9.17, 15) is 4.79 Å². The average Bonchev–Trinajstić information content (AvgIpc) is 2.84. The summed E-state index contributed by atoms with van der Waals surface area (Å²) in [6.45, 7) is 0.571. The van der Waals surface area contributed by atoms with Crippen molar-refractivity contribution in [3.63, 3.8) is 0 Å². The van der Waals surface area contributed by atoms with Gasteiger partial charge in [-0.2, -0.15) is 5.10 Å². The molecule has 0 unspecified atom stereocenters. The van der Waals surface area contributed by atoms with Crippen molar-refractivity contribution in [1.29, 1.82) is 0 Å². The summed E-state index contributed by atoms with van der Waals surface area (Å²) < 4.78 is 1.74. The Morgan fingerprint density at radius 3 is 2.55 bits per heavy atom. The minimum absolute atomic E-state index is 0.108. The van der Waals surface area contributed by atoms with Gasteiger partial charge in [0.15, 0.2) is 0 Å². The van der Waals surface area contributed by atoms with Gasteiger partial charge < -0.3 is 11.1 Å². The van der Waals surface area contributed by atoms with Gasteiger partial charge in [-0.25, -0.2) is 0 Å². The van der Waals surface area contributed by atoms with Crippen molar-refractivity contribution in [3.05, 3.63) is 53.3 Å². The van der Waals surface area contributed by atoms with Gasteiger partial charge in [-0.3, -0.25) is 9.48 Å². The number of nitrogens with two attached hydrogens (primary N) is 1. The largest absolute Gasteiger partial charge is 0.389 e. The van der Waals surface area contributed by atoms with Crippen molar-refractivity contribution in [3.8, 4) is 0 Å². The molecule has 3 N–H and O–H groups in total. The van der Waals surface area contributed by atoms with Crippen LogP contribution in [0.25, 0.3) is 0 Å². The van der Waals surface area contributed by atoms with Crippen molar-refractivity contribution in [2.45, 2.75) is 6.42 Å². The standard InChI is InChI=1S/C14H16N4OS/c1-18-9-10(8-17-18)6-7-16-14(19)12-4-2-11(3-5-12)13(15)20/h2-5,8-9H,6-7H2,1H3,(H2,15,20)(H,16,19). The molecule has 1 amide bonds. The van der Waals surface area contributed by atoms with Crippen LogP contribution >= 0.6 is 12.2 Å². The maximum atomic E-state index is 11.9. The van der Waals surface area contributed by atoms with E-state index in [1.54, 1.807) is 35.1 Å². The number of benzene rings is 1. The quantitative estimate of drug-likeness (QED) is 0.806. The van der Waals surface area contributed by atoms with Crippen molar-refractivity contribution in [1.82, 2.24) is 15.1 Å². The van der Waals surface area contributed by atoms with Crippen molar-refractivity contribution >= 4 is 23.1 Å². The van der Waals surface area contributed by atoms with E-state index in [1.165, 1.54) is 0 Å². The maximum Gasteiger partial charge on any atom is 0.251 e. The van der Waals surface area contributed by atoms with Crippen LogP contribution in [0.5, 0.6) is 0 Å². The van der Waals surface area contributed by atoms with Crippen LogP contribution in [-0.4, -0.2) is 27.2 Å². The van der Waals surface area contributed by atoms with E-state index < -0.39 is 0 Å². The topological polar surface area (TPSA) is 72.9 Å². The van der Waals surface area contributed by atoms with Gasteiger partial charge in [-0.1, -0.05) is 24.4 Å². The second kappa shape index (κ2) is 6.29. The molecule has 2 aromatic rings. The number of aromatic nitrogens is 2. The van der Waals surface area contributed by atoms with E-state index in [2.05, 4.69) is 10.4 Å². The molecule has 0 radical (unpaired) electrons. The minimum Gasteiger partial charge on any atom is -0.389 e. The minimum atomic E-state index is -0.108. The van der Waals surface area contributed by atoms with Gasteiger partial charge in [-0.15, -0.1) is 0 Å². The molecule has 1 aromatic carbocycles. The summed E-state index contributed by atoms with van der Waals surface area (Å²) in [6, 6.07) is 6.93. The highest BCUT2D eigenvalue weighted by molar-refractivity contribution is 7.80. The van der Waals surface area contributed by atoms with E-state index in [4.69, 9.17) is 18.0 Å². The Balaban J connectivity index is 1.86. The van der Waals surface area contributed by atoms with Gasteiger partial charge in [0.1, 0.15) is 4.99 Å². The zero-order valence-electron chi connectivity index (χ0n) is 11.2. The second-order valence-corrected chi connectivity index (χ2v) is 4.91. The molecule has 0 aliphatic rings. The lowest BCUT2D eigenvalue weighted by Crippen LogP contribution is -2.25. The normalized spacial score (nSPS) is 10.2. The third-order valence-corrected chi connectivity index (χ3v) is 3.12. The van der Waals surface area contributed by atoms with E-state index in [-0.39, 0.29) is 5.91 Å². The molecule has 0 saturated carbocycles. The molecule has 0 saturated heterocycles. The summed E-state index contributed by atoms with van der Waals surface area (Å²) >= 11 is 4.87. The Kier molecular flexibility index (Phi) is 4.47. The van der Waals surface area contributed by atoms with E-state index in [1.807, 2.05) is 13.2 Å². The molecule has 1 aromatic heterocycles. The molecule has 2 rings (SSSR count). The fourth-order valence-electron chi connectivity index (χ4n) is 1.81. The number of carbonyl (C=O) groups is 1. The van der Waals surface area contributed by atoms with Gasteiger partial charge in [-0.05, 0) is 24.1 Å². The summed E-state index contributed by atoms with van der Waals surface area (Å²) in [5.74, 6) is -0.108. The predicted molar refractivity (Wildman–Crippen MR) is 81.6 cm³/mol. The molecule has 104 valence electrons. The molecular formula is C14H16N4OS. The second-order valence-electron chi connectivity index (χ2n) is 4.47. The molecule has 0 aliphatic heterocycles. The zero-order valence-corrected chi connectivity index (χ0v) is 12.0. The summed E-state index contributed by atoms with van der Waals surface area (Å²) in [6.07, 6.45) is 4.48. The highest BCUT2D eigenvalue weighted by atomic mass is 32.1. The molecule has 0 fully saturated rings. The van der Waals surface area contributed by atoms with E-state index in [0.29, 0.717) is 17.1 Å². The van der Waals surface area contributed by atoms with Crippen LogP contribution in [0.15, 0.2) is 36.7 Å². The number of amides is 1. The number of rotatable bonds is 5. The highest BCUT2D eigenvalue weighted by Gasteiger charge is 2.05. The Morgan fingerprint density at radius 1 is 1.35 bits per heavy atom. The van der Waals surface area contributed by atoms with Crippen molar-refractivity contribution in [2.24, 2.45) is 12.8 Å². The first-order chi connectivity index (χ1) is 9.56. The number of aryl methyl sites for hydroxylation is 1. The van der Waals surface area contributed by atoms with Gasteiger partial charge in [0, 0.05) is 30.9 Å². The average molecular weight is 288 g/mol. The van der Waals surface area contributed by atoms with Gasteiger partial charge in [0.2, 0.25) is 0 Å². The summed E-state index contributed by atoms with van der Waals surface area (Å²) in [4.78, 5) is 12.3. The summed E-state index contributed by atoms with van der Waals surface area (Å²) in [5.41, 5.74) is 7.95. The molecule has 0 bridgehead atoms. The van der Waals surface area contributed by atoms with Crippen molar-refractivity contribution in [2.75, 3.05) is 6.54 Å². The first-order valence-electron chi connectivity index (χ1n) is 6.22. The first kappa shape index (κ1) is 14.2. The van der Waals surface area contributed by atoms with Crippen LogP contribution in [-0.2, 0) is 13.5 Å². The molecular weight excluding hydrogens is 272 g/mol. The van der Waals surface area contributed by atoms with Gasteiger partial charge in [0.25, 0.3) is 5.91 Å². The highest BCUT2D eigenvalue weighted by Crippen LogP contribution is 2.04. The number of hydrogen-bond donors (Lipinski definition) is 2. The van der Waals surface area contributed by atoms with Crippen LogP contribution in [0.4, 0.5) is 0 Å². The van der Waals surface area contributed by atoms with Gasteiger partial charge in [0.05, 0.1) is 6.20 Å². The SMILES string of the molecule is Cn1cc(CCNC(=O)c2ccc(C(N)=S)cc2)cn1. The van der Waals surface area contributed by atoms with Crippen LogP contribution in [0.3, 0.4) is 0 Å². The zero-order chi connectivity index (χ0) is 14.5.